The van der Waals surface area contributed by atoms with E-state index in [0.717, 1.165) is 0 Å². The maximum Gasteiger partial charge on any atom is 0.295 e. The van der Waals surface area contributed by atoms with Crippen molar-refractivity contribution in [1.82, 2.24) is 4.90 Å². The first kappa shape index (κ1) is 25.1. The van der Waals surface area contributed by atoms with Crippen molar-refractivity contribution in [3.05, 3.63) is 59.2 Å². The van der Waals surface area contributed by atoms with E-state index in [0.29, 0.717) is 40.9 Å². The summed E-state index contributed by atoms with van der Waals surface area (Å²) in [5, 5.41) is 11.2. The minimum absolute atomic E-state index is 0.0245. The molecule has 2 aromatic rings. The van der Waals surface area contributed by atoms with Gasteiger partial charge in [0.2, 0.25) is 0 Å². The molecule has 1 saturated heterocycles. The SMILES string of the molecule is COCCN1C(=O)C(=O)/C(=C(/O)c2ccc(OCC(C)C)cc2)C1c1cccc(OC)c1OC. The summed E-state index contributed by atoms with van der Waals surface area (Å²) in [6.45, 7) is 5.04. The molecule has 2 aromatic carbocycles. The van der Waals surface area contributed by atoms with Crippen LogP contribution in [0, 0.1) is 5.92 Å². The number of hydrogen-bond donors (Lipinski definition) is 1. The molecule has 0 radical (unpaired) electrons. The molecule has 1 heterocycles. The molecule has 182 valence electrons. The molecule has 0 spiro atoms. The highest BCUT2D eigenvalue weighted by Crippen LogP contribution is 2.45. The van der Waals surface area contributed by atoms with Gasteiger partial charge < -0.3 is 29.0 Å². The van der Waals surface area contributed by atoms with Gasteiger partial charge in [-0.05, 0) is 36.2 Å². The van der Waals surface area contributed by atoms with Crippen molar-refractivity contribution in [2.75, 3.05) is 41.1 Å². The van der Waals surface area contributed by atoms with E-state index >= 15 is 0 Å². The molecule has 8 nitrogen and oxygen atoms in total. The molecular formula is C26H31NO7. The number of hydrogen-bond acceptors (Lipinski definition) is 7. The van der Waals surface area contributed by atoms with Gasteiger partial charge in [0, 0.05) is 24.8 Å². The number of ether oxygens (including phenoxy) is 4. The maximum atomic E-state index is 13.1. The fourth-order valence-corrected chi connectivity index (χ4v) is 3.88. The average molecular weight is 470 g/mol. The summed E-state index contributed by atoms with van der Waals surface area (Å²) in [7, 11) is 4.51. The van der Waals surface area contributed by atoms with Gasteiger partial charge in [-0.1, -0.05) is 26.0 Å². The van der Waals surface area contributed by atoms with Crippen LogP contribution in [0.1, 0.15) is 31.0 Å². The van der Waals surface area contributed by atoms with E-state index in [4.69, 9.17) is 18.9 Å². The molecule has 0 aromatic heterocycles. The van der Waals surface area contributed by atoms with Crippen molar-refractivity contribution in [3.63, 3.8) is 0 Å². The van der Waals surface area contributed by atoms with E-state index in [1.165, 1.54) is 26.2 Å². The molecule has 1 atom stereocenters. The zero-order valence-electron chi connectivity index (χ0n) is 20.2. The molecule has 1 aliphatic rings. The highest BCUT2D eigenvalue weighted by Gasteiger charge is 2.47. The smallest absolute Gasteiger partial charge is 0.295 e. The number of benzene rings is 2. The lowest BCUT2D eigenvalue weighted by Gasteiger charge is -2.27. The summed E-state index contributed by atoms with van der Waals surface area (Å²) in [5.41, 5.74) is 0.896. The number of para-hydroxylation sites is 1. The summed E-state index contributed by atoms with van der Waals surface area (Å²) < 4.78 is 21.8. The van der Waals surface area contributed by atoms with Crippen LogP contribution in [0.25, 0.3) is 5.76 Å². The Hall–Kier alpha value is -3.52. The van der Waals surface area contributed by atoms with Gasteiger partial charge in [0.25, 0.3) is 11.7 Å². The third-order valence-electron chi connectivity index (χ3n) is 5.52. The predicted octanol–water partition coefficient (Wildman–Crippen LogP) is 3.81. The number of amides is 1. The minimum atomic E-state index is -0.878. The Morgan fingerprint density at radius 1 is 1.03 bits per heavy atom. The second kappa shape index (κ2) is 11.1. The number of methoxy groups -OCH3 is 3. The van der Waals surface area contributed by atoms with Crippen molar-refractivity contribution >= 4 is 17.4 Å². The Kier molecular flexibility index (Phi) is 8.17. The van der Waals surface area contributed by atoms with E-state index in [2.05, 4.69) is 13.8 Å². The van der Waals surface area contributed by atoms with Gasteiger partial charge in [-0.15, -0.1) is 0 Å². The highest BCUT2D eigenvalue weighted by atomic mass is 16.5. The van der Waals surface area contributed by atoms with Crippen LogP contribution in [-0.4, -0.2) is 62.8 Å². The normalized spacial score (nSPS) is 17.4. The summed E-state index contributed by atoms with van der Waals surface area (Å²) in [4.78, 5) is 27.5. The van der Waals surface area contributed by atoms with Gasteiger partial charge >= 0.3 is 0 Å². The van der Waals surface area contributed by atoms with Crippen LogP contribution in [0.4, 0.5) is 0 Å². The van der Waals surface area contributed by atoms with Crippen molar-refractivity contribution < 1.29 is 33.6 Å². The van der Waals surface area contributed by atoms with Crippen LogP contribution in [0.5, 0.6) is 17.2 Å². The Labute approximate surface area is 199 Å². The third kappa shape index (κ3) is 5.02. The Bertz CT molecular complexity index is 1060. The fraction of sp³-hybridized carbons (Fsp3) is 0.385. The van der Waals surface area contributed by atoms with E-state index in [1.807, 2.05) is 0 Å². The second-order valence-corrected chi connectivity index (χ2v) is 8.30. The molecule has 1 aliphatic heterocycles. The molecule has 1 amide bonds. The van der Waals surface area contributed by atoms with Gasteiger partial charge in [0.1, 0.15) is 11.5 Å². The molecule has 0 saturated carbocycles. The number of aliphatic hydroxyl groups excluding tert-OH is 1. The molecule has 0 bridgehead atoms. The van der Waals surface area contributed by atoms with Crippen LogP contribution in [0.2, 0.25) is 0 Å². The number of nitrogens with zero attached hydrogens (tertiary/aromatic N) is 1. The number of likely N-dealkylation sites (tertiary alicyclic amines) is 1. The zero-order chi connectivity index (χ0) is 24.8. The quantitative estimate of drug-likeness (QED) is 0.321. The number of rotatable bonds is 10. The lowest BCUT2D eigenvalue weighted by Crippen LogP contribution is -2.32. The van der Waals surface area contributed by atoms with E-state index in [-0.39, 0.29) is 24.5 Å². The summed E-state index contributed by atoms with van der Waals surface area (Å²) in [6, 6.07) is 11.1. The van der Waals surface area contributed by atoms with Crippen LogP contribution < -0.4 is 14.2 Å². The number of carbonyl (C=O) groups is 2. The van der Waals surface area contributed by atoms with Crippen LogP contribution in [-0.2, 0) is 14.3 Å². The molecule has 34 heavy (non-hydrogen) atoms. The van der Waals surface area contributed by atoms with E-state index < -0.39 is 17.7 Å². The van der Waals surface area contributed by atoms with Crippen molar-refractivity contribution in [1.29, 1.82) is 0 Å². The molecule has 0 aliphatic carbocycles. The molecule has 1 unspecified atom stereocenters. The van der Waals surface area contributed by atoms with Gasteiger partial charge in [0.05, 0.1) is 39.0 Å². The Morgan fingerprint density at radius 2 is 1.74 bits per heavy atom. The fourth-order valence-electron chi connectivity index (χ4n) is 3.88. The van der Waals surface area contributed by atoms with Crippen LogP contribution >= 0.6 is 0 Å². The highest BCUT2D eigenvalue weighted by molar-refractivity contribution is 6.46. The summed E-state index contributed by atoms with van der Waals surface area (Å²) in [5.74, 6) is 0.0787. The first-order valence-electron chi connectivity index (χ1n) is 11.1. The van der Waals surface area contributed by atoms with Gasteiger partial charge in [-0.2, -0.15) is 0 Å². The minimum Gasteiger partial charge on any atom is -0.507 e. The number of ketones is 1. The number of Topliss-reactive ketones (excluding diaryl/α,β-unsaturated/α-hetero) is 1. The van der Waals surface area contributed by atoms with E-state index in [9.17, 15) is 14.7 Å². The van der Waals surface area contributed by atoms with Crippen molar-refractivity contribution in [2.45, 2.75) is 19.9 Å². The molecular weight excluding hydrogens is 438 g/mol. The largest absolute Gasteiger partial charge is 0.507 e. The summed E-state index contributed by atoms with van der Waals surface area (Å²) >= 11 is 0. The topological polar surface area (TPSA) is 94.5 Å². The molecule has 1 fully saturated rings. The monoisotopic (exact) mass is 469 g/mol. The Morgan fingerprint density at radius 3 is 2.32 bits per heavy atom. The number of carbonyl (C=O) groups excluding carboxylic acids is 2. The van der Waals surface area contributed by atoms with Crippen LogP contribution in [0.15, 0.2) is 48.0 Å². The zero-order valence-corrected chi connectivity index (χ0v) is 20.2. The molecule has 8 heteroatoms. The Balaban J connectivity index is 2.12. The molecule has 1 N–H and O–H groups in total. The van der Waals surface area contributed by atoms with Gasteiger partial charge in [0.15, 0.2) is 11.5 Å². The first-order chi connectivity index (χ1) is 16.3. The van der Waals surface area contributed by atoms with Crippen molar-refractivity contribution in [2.24, 2.45) is 5.92 Å². The third-order valence-corrected chi connectivity index (χ3v) is 5.52. The standard InChI is InChI=1S/C26H31NO7/c1-16(2)15-34-18-11-9-17(10-12-18)23(28)21-22(27(13-14-31-3)26(30)24(21)29)19-7-6-8-20(32-4)25(19)33-5/h6-12,16,22,28H,13-15H2,1-5H3/b23-21+. The summed E-state index contributed by atoms with van der Waals surface area (Å²) in [6.07, 6.45) is 0. The lowest BCUT2D eigenvalue weighted by molar-refractivity contribution is -0.140. The average Bonchev–Trinajstić information content (AvgIpc) is 3.10. The van der Waals surface area contributed by atoms with Crippen molar-refractivity contribution in [3.8, 4) is 17.2 Å². The van der Waals surface area contributed by atoms with Crippen LogP contribution in [0.3, 0.4) is 0 Å². The molecule has 3 rings (SSSR count). The van der Waals surface area contributed by atoms with Gasteiger partial charge in [-0.3, -0.25) is 9.59 Å². The first-order valence-corrected chi connectivity index (χ1v) is 11.1. The lowest BCUT2D eigenvalue weighted by atomic mass is 9.94. The second-order valence-electron chi connectivity index (χ2n) is 8.30. The van der Waals surface area contributed by atoms with Gasteiger partial charge in [-0.25, -0.2) is 0 Å². The number of aliphatic hydroxyl groups is 1. The predicted molar refractivity (Wildman–Crippen MR) is 127 cm³/mol. The maximum absolute atomic E-state index is 13.1. The van der Waals surface area contributed by atoms with E-state index in [1.54, 1.807) is 42.5 Å².